The molecule has 0 radical (unpaired) electrons. The number of hydrogen-bond donors (Lipinski definition) is 0. The van der Waals surface area contributed by atoms with Gasteiger partial charge in [0.2, 0.25) is 5.91 Å². The molecule has 3 rings (SSSR count). The summed E-state index contributed by atoms with van der Waals surface area (Å²) in [4.78, 5) is 14.4. The molecular weight excluding hydrogens is 222 g/mol. The van der Waals surface area contributed by atoms with E-state index in [-0.39, 0.29) is 11.8 Å². The second-order valence-electron chi connectivity index (χ2n) is 4.49. The van der Waals surface area contributed by atoms with Crippen molar-refractivity contribution in [3.05, 3.63) is 65.7 Å². The molecule has 1 atom stereocenters. The molecule has 0 aromatic heterocycles. The minimum absolute atomic E-state index is 0.137. The van der Waals surface area contributed by atoms with E-state index in [1.54, 1.807) is 0 Å². The Kier molecular flexibility index (Phi) is 2.63. The van der Waals surface area contributed by atoms with Gasteiger partial charge in [0.15, 0.2) is 0 Å². The lowest BCUT2D eigenvalue weighted by Crippen LogP contribution is -2.28. The van der Waals surface area contributed by atoms with E-state index in [9.17, 15) is 4.79 Å². The predicted molar refractivity (Wildman–Crippen MR) is 72.8 cm³/mol. The highest BCUT2D eigenvalue weighted by molar-refractivity contribution is 6.06. The predicted octanol–water partition coefficient (Wildman–Crippen LogP) is 3.19. The third-order valence-electron chi connectivity index (χ3n) is 3.50. The summed E-state index contributed by atoms with van der Waals surface area (Å²) in [6, 6.07) is 18.1. The number of likely N-dealkylation sites (N-methyl/N-ethyl adjacent to an activating group) is 1. The van der Waals surface area contributed by atoms with Crippen molar-refractivity contribution in [1.82, 2.24) is 0 Å². The van der Waals surface area contributed by atoms with Crippen LogP contribution >= 0.6 is 0 Å². The number of hydrogen-bond acceptors (Lipinski definition) is 1. The molecule has 0 bridgehead atoms. The Labute approximate surface area is 107 Å². The molecule has 18 heavy (non-hydrogen) atoms. The van der Waals surface area contributed by atoms with Crippen LogP contribution < -0.4 is 4.90 Å². The highest BCUT2D eigenvalue weighted by Gasteiger charge is 2.36. The highest BCUT2D eigenvalue weighted by Crippen LogP contribution is 2.40. The monoisotopic (exact) mass is 237 g/mol. The number of fused-ring (bicyclic) bond motifs is 1. The largest absolute Gasteiger partial charge is 0.312 e. The van der Waals surface area contributed by atoms with Gasteiger partial charge in [0, 0.05) is 12.2 Å². The summed E-state index contributed by atoms with van der Waals surface area (Å²) in [6.07, 6.45) is 0. The van der Waals surface area contributed by atoms with Crippen LogP contribution in [0.15, 0.2) is 54.6 Å². The number of para-hydroxylation sites is 1. The normalized spacial score (nSPS) is 17.9. The third kappa shape index (κ3) is 1.53. The fourth-order valence-corrected chi connectivity index (χ4v) is 2.68. The Morgan fingerprint density at radius 2 is 1.67 bits per heavy atom. The van der Waals surface area contributed by atoms with E-state index in [1.165, 1.54) is 0 Å². The van der Waals surface area contributed by atoms with Crippen LogP contribution in [-0.4, -0.2) is 12.5 Å². The van der Waals surface area contributed by atoms with Gasteiger partial charge in [0.25, 0.3) is 0 Å². The molecule has 1 aliphatic rings. The quantitative estimate of drug-likeness (QED) is 0.785. The average Bonchev–Trinajstić information content (AvgIpc) is 2.71. The Balaban J connectivity index is 2.15. The van der Waals surface area contributed by atoms with Crippen LogP contribution in [0.1, 0.15) is 24.0 Å². The summed E-state index contributed by atoms with van der Waals surface area (Å²) in [5.41, 5.74) is 3.25. The van der Waals surface area contributed by atoms with E-state index in [2.05, 4.69) is 6.07 Å². The Morgan fingerprint density at radius 3 is 2.39 bits per heavy atom. The van der Waals surface area contributed by atoms with Crippen LogP contribution in [0.25, 0.3) is 0 Å². The summed E-state index contributed by atoms with van der Waals surface area (Å²) in [6.45, 7) is 2.74. The van der Waals surface area contributed by atoms with E-state index in [0.29, 0.717) is 0 Å². The molecule has 0 aliphatic carbocycles. The lowest BCUT2D eigenvalue weighted by Gasteiger charge is -2.15. The lowest BCUT2D eigenvalue weighted by atomic mass is 9.93. The van der Waals surface area contributed by atoms with Crippen molar-refractivity contribution in [2.45, 2.75) is 12.8 Å². The summed E-state index contributed by atoms with van der Waals surface area (Å²) in [7, 11) is 0. The van der Waals surface area contributed by atoms with E-state index in [1.807, 2.05) is 60.4 Å². The fourth-order valence-electron chi connectivity index (χ4n) is 2.68. The lowest BCUT2D eigenvalue weighted by molar-refractivity contribution is -0.118. The van der Waals surface area contributed by atoms with Crippen molar-refractivity contribution in [3.63, 3.8) is 0 Å². The van der Waals surface area contributed by atoms with Gasteiger partial charge in [-0.3, -0.25) is 4.79 Å². The van der Waals surface area contributed by atoms with Crippen molar-refractivity contribution in [1.29, 1.82) is 0 Å². The van der Waals surface area contributed by atoms with Crippen LogP contribution in [0, 0.1) is 0 Å². The number of nitrogens with zero attached hydrogens (tertiary/aromatic N) is 1. The van der Waals surface area contributed by atoms with Gasteiger partial charge in [-0.2, -0.15) is 0 Å². The van der Waals surface area contributed by atoms with Gasteiger partial charge in [-0.25, -0.2) is 0 Å². The Hall–Kier alpha value is -2.09. The first kappa shape index (κ1) is 11.0. The number of amides is 1. The van der Waals surface area contributed by atoms with E-state index < -0.39 is 0 Å². The zero-order valence-corrected chi connectivity index (χ0v) is 10.3. The molecule has 0 saturated carbocycles. The van der Waals surface area contributed by atoms with E-state index in [4.69, 9.17) is 0 Å². The van der Waals surface area contributed by atoms with Crippen LogP contribution in [0.4, 0.5) is 5.69 Å². The molecule has 1 amide bonds. The van der Waals surface area contributed by atoms with Crippen molar-refractivity contribution < 1.29 is 4.79 Å². The van der Waals surface area contributed by atoms with Gasteiger partial charge in [0.1, 0.15) is 0 Å². The highest BCUT2D eigenvalue weighted by atomic mass is 16.2. The molecule has 0 fully saturated rings. The maximum atomic E-state index is 12.5. The van der Waals surface area contributed by atoms with Crippen LogP contribution in [0.3, 0.4) is 0 Å². The molecule has 0 spiro atoms. The molecule has 0 N–H and O–H groups in total. The SMILES string of the molecule is CCN1C(=O)C(c2ccccc2)c2ccccc21. The second-order valence-corrected chi connectivity index (χ2v) is 4.49. The minimum atomic E-state index is -0.137. The first-order valence-corrected chi connectivity index (χ1v) is 6.28. The van der Waals surface area contributed by atoms with Crippen molar-refractivity contribution in [2.75, 3.05) is 11.4 Å². The molecule has 2 aromatic carbocycles. The number of rotatable bonds is 2. The maximum absolute atomic E-state index is 12.5. The molecular formula is C16H15NO. The van der Waals surface area contributed by atoms with Gasteiger partial charge >= 0.3 is 0 Å². The standard InChI is InChI=1S/C16H15NO/c1-2-17-14-11-7-6-10-13(14)15(16(17)18)12-8-4-3-5-9-12/h3-11,15H,2H2,1H3. The van der Waals surface area contributed by atoms with E-state index in [0.717, 1.165) is 23.4 Å². The number of benzene rings is 2. The second kappa shape index (κ2) is 4.30. The molecule has 90 valence electrons. The van der Waals surface area contributed by atoms with Crippen molar-refractivity contribution in [2.24, 2.45) is 0 Å². The maximum Gasteiger partial charge on any atom is 0.239 e. The van der Waals surface area contributed by atoms with Crippen LogP contribution in [-0.2, 0) is 4.79 Å². The third-order valence-corrected chi connectivity index (χ3v) is 3.50. The number of carbonyl (C=O) groups excluding carboxylic acids is 1. The van der Waals surface area contributed by atoms with Gasteiger partial charge in [-0.05, 0) is 24.1 Å². The van der Waals surface area contributed by atoms with Gasteiger partial charge < -0.3 is 4.90 Å². The Morgan fingerprint density at radius 1 is 1.00 bits per heavy atom. The molecule has 2 aromatic rings. The molecule has 1 heterocycles. The van der Waals surface area contributed by atoms with Gasteiger partial charge in [-0.1, -0.05) is 48.5 Å². The zero-order chi connectivity index (χ0) is 12.5. The van der Waals surface area contributed by atoms with Crippen LogP contribution in [0.2, 0.25) is 0 Å². The summed E-state index contributed by atoms with van der Waals surface area (Å²) >= 11 is 0. The number of carbonyl (C=O) groups is 1. The topological polar surface area (TPSA) is 20.3 Å². The smallest absolute Gasteiger partial charge is 0.239 e. The van der Waals surface area contributed by atoms with E-state index >= 15 is 0 Å². The summed E-state index contributed by atoms with van der Waals surface area (Å²) < 4.78 is 0. The first-order valence-electron chi connectivity index (χ1n) is 6.28. The zero-order valence-electron chi connectivity index (χ0n) is 10.3. The summed E-state index contributed by atoms with van der Waals surface area (Å²) in [5, 5.41) is 0. The molecule has 2 heteroatoms. The average molecular weight is 237 g/mol. The van der Waals surface area contributed by atoms with Crippen molar-refractivity contribution >= 4 is 11.6 Å². The molecule has 2 nitrogen and oxygen atoms in total. The fraction of sp³-hybridized carbons (Fsp3) is 0.188. The molecule has 0 saturated heterocycles. The summed E-state index contributed by atoms with van der Waals surface area (Å²) in [5.74, 6) is 0.0484. The van der Waals surface area contributed by atoms with Gasteiger partial charge in [0.05, 0.1) is 5.92 Å². The number of anilines is 1. The minimum Gasteiger partial charge on any atom is -0.312 e. The molecule has 1 unspecified atom stereocenters. The molecule has 1 aliphatic heterocycles. The van der Waals surface area contributed by atoms with Crippen molar-refractivity contribution in [3.8, 4) is 0 Å². The van der Waals surface area contributed by atoms with Gasteiger partial charge in [-0.15, -0.1) is 0 Å². The Bertz CT molecular complexity index is 577. The first-order chi connectivity index (χ1) is 8.83. The van der Waals surface area contributed by atoms with Crippen LogP contribution in [0.5, 0.6) is 0 Å².